The standard InChI is InChI=1S/C12H18N2O3/c1-8(7-15)9(2)13-12(17)10-4-5-14(3)11(16)6-10/h4-6,8-9,15H,7H2,1-3H3,(H,13,17). The molecule has 5 heteroatoms. The van der Waals surface area contributed by atoms with Crippen LogP contribution in [0.5, 0.6) is 0 Å². The third-order valence-electron chi connectivity index (χ3n) is 2.87. The highest BCUT2D eigenvalue weighted by molar-refractivity contribution is 5.94. The molecular formula is C12H18N2O3. The zero-order valence-corrected chi connectivity index (χ0v) is 10.3. The normalized spacial score (nSPS) is 14.1. The van der Waals surface area contributed by atoms with E-state index in [9.17, 15) is 9.59 Å². The first-order valence-electron chi connectivity index (χ1n) is 5.54. The van der Waals surface area contributed by atoms with Crippen LogP contribution in [0, 0.1) is 5.92 Å². The molecular weight excluding hydrogens is 220 g/mol. The van der Waals surface area contributed by atoms with Crippen LogP contribution in [0.2, 0.25) is 0 Å². The fraction of sp³-hybridized carbons (Fsp3) is 0.500. The van der Waals surface area contributed by atoms with Crippen LogP contribution in [0.4, 0.5) is 0 Å². The summed E-state index contributed by atoms with van der Waals surface area (Å²) in [6.45, 7) is 3.67. The van der Waals surface area contributed by atoms with Gasteiger partial charge in [0, 0.05) is 37.5 Å². The first-order chi connectivity index (χ1) is 7.95. The van der Waals surface area contributed by atoms with Crippen molar-refractivity contribution in [2.75, 3.05) is 6.61 Å². The van der Waals surface area contributed by atoms with E-state index >= 15 is 0 Å². The quantitative estimate of drug-likeness (QED) is 0.783. The monoisotopic (exact) mass is 238 g/mol. The predicted octanol–water partition coefficient (Wildman–Crippen LogP) is 0.132. The first kappa shape index (κ1) is 13.4. The van der Waals surface area contributed by atoms with Gasteiger partial charge < -0.3 is 15.0 Å². The summed E-state index contributed by atoms with van der Waals surface area (Å²) < 4.78 is 1.40. The minimum atomic E-state index is -0.296. The second-order valence-corrected chi connectivity index (χ2v) is 4.29. The number of rotatable bonds is 4. The molecule has 1 aromatic heterocycles. The van der Waals surface area contributed by atoms with Crippen LogP contribution in [0.15, 0.2) is 23.1 Å². The van der Waals surface area contributed by atoms with Crippen LogP contribution in [0.3, 0.4) is 0 Å². The van der Waals surface area contributed by atoms with E-state index in [1.165, 1.54) is 10.6 Å². The van der Waals surface area contributed by atoms with E-state index in [0.29, 0.717) is 5.56 Å². The predicted molar refractivity (Wildman–Crippen MR) is 64.9 cm³/mol. The van der Waals surface area contributed by atoms with Crippen molar-refractivity contribution in [1.82, 2.24) is 9.88 Å². The third kappa shape index (κ3) is 3.42. The Kier molecular flexibility index (Phi) is 4.45. The van der Waals surface area contributed by atoms with Gasteiger partial charge in [-0.2, -0.15) is 0 Å². The summed E-state index contributed by atoms with van der Waals surface area (Å²) in [6, 6.07) is 2.75. The molecule has 17 heavy (non-hydrogen) atoms. The second-order valence-electron chi connectivity index (χ2n) is 4.29. The van der Waals surface area contributed by atoms with Gasteiger partial charge in [0.15, 0.2) is 0 Å². The summed E-state index contributed by atoms with van der Waals surface area (Å²) in [7, 11) is 1.63. The summed E-state index contributed by atoms with van der Waals surface area (Å²) in [6.07, 6.45) is 1.55. The van der Waals surface area contributed by atoms with E-state index in [1.807, 2.05) is 13.8 Å². The number of carbonyl (C=O) groups excluding carboxylic acids is 1. The molecule has 1 amide bonds. The highest BCUT2D eigenvalue weighted by Gasteiger charge is 2.15. The molecule has 1 rings (SSSR count). The van der Waals surface area contributed by atoms with Crippen molar-refractivity contribution in [3.05, 3.63) is 34.2 Å². The van der Waals surface area contributed by atoms with Crippen LogP contribution in [0.25, 0.3) is 0 Å². The lowest BCUT2D eigenvalue weighted by Gasteiger charge is -2.19. The Hall–Kier alpha value is -1.62. The van der Waals surface area contributed by atoms with Gasteiger partial charge in [-0.3, -0.25) is 9.59 Å². The Morgan fingerprint density at radius 1 is 1.53 bits per heavy atom. The fourth-order valence-corrected chi connectivity index (χ4v) is 1.28. The lowest BCUT2D eigenvalue weighted by molar-refractivity contribution is 0.0916. The van der Waals surface area contributed by atoms with Crippen molar-refractivity contribution in [3.63, 3.8) is 0 Å². The molecule has 0 aliphatic heterocycles. The summed E-state index contributed by atoms with van der Waals surface area (Å²) in [5.41, 5.74) is 0.116. The summed E-state index contributed by atoms with van der Waals surface area (Å²) in [5, 5.41) is 11.7. The van der Waals surface area contributed by atoms with Gasteiger partial charge in [0.05, 0.1) is 0 Å². The van der Waals surface area contributed by atoms with Gasteiger partial charge in [-0.25, -0.2) is 0 Å². The van der Waals surface area contributed by atoms with E-state index in [-0.39, 0.29) is 30.0 Å². The Labute approximate surface area is 100 Å². The molecule has 0 radical (unpaired) electrons. The molecule has 1 aromatic rings. The van der Waals surface area contributed by atoms with Crippen LogP contribution < -0.4 is 10.9 Å². The zero-order valence-electron chi connectivity index (χ0n) is 10.3. The molecule has 0 spiro atoms. The van der Waals surface area contributed by atoms with E-state index < -0.39 is 0 Å². The van der Waals surface area contributed by atoms with Crippen molar-refractivity contribution in [1.29, 1.82) is 0 Å². The number of carbonyl (C=O) groups is 1. The minimum absolute atomic E-state index is 0.0119. The number of amides is 1. The van der Waals surface area contributed by atoms with Gasteiger partial charge in [-0.15, -0.1) is 0 Å². The van der Waals surface area contributed by atoms with Crippen LogP contribution in [0.1, 0.15) is 24.2 Å². The van der Waals surface area contributed by atoms with Gasteiger partial charge in [0.2, 0.25) is 0 Å². The van der Waals surface area contributed by atoms with Crippen LogP contribution in [-0.2, 0) is 7.05 Å². The molecule has 0 saturated carbocycles. The van der Waals surface area contributed by atoms with E-state index in [0.717, 1.165) is 0 Å². The highest BCUT2D eigenvalue weighted by atomic mass is 16.3. The fourth-order valence-electron chi connectivity index (χ4n) is 1.28. The van der Waals surface area contributed by atoms with Crippen molar-refractivity contribution < 1.29 is 9.90 Å². The average molecular weight is 238 g/mol. The van der Waals surface area contributed by atoms with Gasteiger partial charge in [0.1, 0.15) is 0 Å². The number of aliphatic hydroxyl groups is 1. The van der Waals surface area contributed by atoms with Gasteiger partial charge in [0.25, 0.3) is 11.5 Å². The molecule has 0 aliphatic rings. The molecule has 2 N–H and O–H groups in total. The molecule has 5 nitrogen and oxygen atoms in total. The maximum atomic E-state index is 11.8. The molecule has 0 bridgehead atoms. The molecule has 0 aromatic carbocycles. The smallest absolute Gasteiger partial charge is 0.251 e. The Morgan fingerprint density at radius 3 is 2.71 bits per heavy atom. The molecule has 2 atom stereocenters. The topological polar surface area (TPSA) is 71.3 Å². The van der Waals surface area contributed by atoms with Gasteiger partial charge in [-0.1, -0.05) is 6.92 Å². The van der Waals surface area contributed by atoms with Crippen LogP contribution >= 0.6 is 0 Å². The summed E-state index contributed by atoms with van der Waals surface area (Å²) >= 11 is 0. The molecule has 2 unspecified atom stereocenters. The molecule has 0 fully saturated rings. The number of aromatic nitrogens is 1. The lowest BCUT2D eigenvalue weighted by atomic mass is 10.0. The summed E-state index contributed by atoms with van der Waals surface area (Å²) in [4.78, 5) is 23.2. The van der Waals surface area contributed by atoms with Crippen molar-refractivity contribution in [2.45, 2.75) is 19.9 Å². The Balaban J connectivity index is 2.77. The number of nitrogens with zero attached hydrogens (tertiary/aromatic N) is 1. The molecule has 1 heterocycles. The lowest BCUT2D eigenvalue weighted by Crippen LogP contribution is -2.38. The van der Waals surface area contributed by atoms with E-state index in [1.54, 1.807) is 19.3 Å². The van der Waals surface area contributed by atoms with Crippen LogP contribution in [-0.4, -0.2) is 28.2 Å². The number of aliphatic hydroxyl groups excluding tert-OH is 1. The van der Waals surface area contributed by atoms with Gasteiger partial charge in [-0.05, 0) is 18.9 Å². The largest absolute Gasteiger partial charge is 0.396 e. The maximum Gasteiger partial charge on any atom is 0.251 e. The number of aryl methyl sites for hydroxylation is 1. The Bertz CT molecular complexity index is 453. The molecule has 0 saturated heterocycles. The number of hydrogen-bond acceptors (Lipinski definition) is 3. The average Bonchev–Trinajstić information content (AvgIpc) is 2.31. The molecule has 0 aliphatic carbocycles. The minimum Gasteiger partial charge on any atom is -0.396 e. The van der Waals surface area contributed by atoms with Gasteiger partial charge >= 0.3 is 0 Å². The van der Waals surface area contributed by atoms with Crippen molar-refractivity contribution in [3.8, 4) is 0 Å². The SMILES string of the molecule is CC(CO)C(C)NC(=O)c1ccn(C)c(=O)c1. The zero-order chi connectivity index (χ0) is 13.0. The summed E-state index contributed by atoms with van der Waals surface area (Å²) in [5.74, 6) is -0.319. The van der Waals surface area contributed by atoms with E-state index in [2.05, 4.69) is 5.32 Å². The number of hydrogen-bond donors (Lipinski definition) is 2. The second kappa shape index (κ2) is 5.63. The Morgan fingerprint density at radius 2 is 2.18 bits per heavy atom. The molecule has 94 valence electrons. The van der Waals surface area contributed by atoms with Crippen molar-refractivity contribution in [2.24, 2.45) is 13.0 Å². The maximum absolute atomic E-state index is 11.8. The van der Waals surface area contributed by atoms with Crippen molar-refractivity contribution >= 4 is 5.91 Å². The first-order valence-corrected chi connectivity index (χ1v) is 5.54. The van der Waals surface area contributed by atoms with E-state index in [4.69, 9.17) is 5.11 Å². The number of pyridine rings is 1. The number of nitrogens with one attached hydrogen (secondary N) is 1. The highest BCUT2D eigenvalue weighted by Crippen LogP contribution is 2.02. The third-order valence-corrected chi connectivity index (χ3v) is 2.87.